The molecular weight excluding hydrogens is 1630 g/mol. The van der Waals surface area contributed by atoms with Crippen molar-refractivity contribution in [2.75, 3.05) is 65.4 Å². The number of amides is 8. The Bertz CT molecular complexity index is 4560. The lowest BCUT2D eigenvalue weighted by Crippen LogP contribution is -2.45. The molecule has 5 saturated carbocycles. The number of carboxylic acids is 2. The molecule has 10 N–H and O–H groups in total. The number of hydrogen-bond donors (Lipinski definition) is 9. The number of Topliss-reactive ketones (excluding diaryl/α,β-unsaturated/α-hetero) is 1. The predicted octanol–water partition coefficient (Wildman–Crippen LogP) is 9.86. The first kappa shape index (κ1) is 96.6. The molecule has 0 bridgehead atoms. The van der Waals surface area contributed by atoms with Gasteiger partial charge in [0.05, 0.1) is 44.4 Å². The van der Waals surface area contributed by atoms with E-state index < -0.39 is 105 Å². The molecule has 5 spiro atoms. The minimum atomic E-state index is -1.08. The number of nitrogens with zero attached hydrogens (tertiary/aromatic N) is 7. The number of amidine groups is 1. The van der Waals surface area contributed by atoms with Crippen LogP contribution in [0, 0.1) is 27.7 Å². The van der Waals surface area contributed by atoms with Crippen LogP contribution in [0.25, 0.3) is 0 Å². The van der Waals surface area contributed by atoms with Gasteiger partial charge in [-0.15, -0.1) is 5.11 Å². The van der Waals surface area contributed by atoms with Gasteiger partial charge in [0, 0.05) is 65.0 Å². The van der Waals surface area contributed by atoms with Crippen molar-refractivity contribution in [1.82, 2.24) is 40.4 Å². The highest BCUT2D eigenvalue weighted by molar-refractivity contribution is 6.00. The molecule has 10 aliphatic rings. The van der Waals surface area contributed by atoms with Crippen LogP contribution in [0.4, 0.5) is 24.0 Å². The van der Waals surface area contributed by atoms with Gasteiger partial charge in [0.15, 0.2) is 5.84 Å². The van der Waals surface area contributed by atoms with Crippen molar-refractivity contribution >= 4 is 95.4 Å². The lowest BCUT2D eigenvalue weighted by molar-refractivity contribution is -0.156. The van der Waals surface area contributed by atoms with E-state index in [1.807, 2.05) is 6.07 Å². The summed E-state index contributed by atoms with van der Waals surface area (Å²) in [5.41, 5.74) is 11.7. The first-order chi connectivity index (χ1) is 58.6. The Morgan fingerprint density at radius 1 is 0.432 bits per heavy atom. The average molecular weight is 1740 g/mol. The van der Waals surface area contributed by atoms with Crippen molar-refractivity contribution in [3.8, 4) is 6.07 Å². The predicted molar refractivity (Wildman–Crippen MR) is 444 cm³/mol. The Balaban J connectivity index is 0.000000179. The largest absolute Gasteiger partial charge is 0.480 e. The van der Waals surface area contributed by atoms with E-state index >= 15 is 0 Å². The average Bonchev–Trinajstić information content (AvgIpc) is 1.68. The number of hydrogen-bond acceptors (Lipinski definition) is 27. The van der Waals surface area contributed by atoms with Crippen molar-refractivity contribution in [1.29, 1.82) is 21.6 Å². The first-order valence-electron chi connectivity index (χ1n) is 42.0. The van der Waals surface area contributed by atoms with Crippen LogP contribution in [0.2, 0.25) is 0 Å². The molecule has 0 aromatic heterocycles. The second kappa shape index (κ2) is 40.6. The molecule has 38 nitrogen and oxygen atoms in total. The molecule has 678 valence electrons. The summed E-state index contributed by atoms with van der Waals surface area (Å²) in [6.07, 6.45) is 10.1. The zero-order valence-electron chi connectivity index (χ0n) is 72.5. The molecule has 125 heavy (non-hydrogen) atoms. The minimum Gasteiger partial charge on any atom is -0.480 e. The summed E-state index contributed by atoms with van der Waals surface area (Å²) in [4.78, 5) is 172. The number of benzene rings is 3. The Hall–Kier alpha value is -12.2. The van der Waals surface area contributed by atoms with Crippen molar-refractivity contribution in [2.45, 2.75) is 267 Å². The van der Waals surface area contributed by atoms with Crippen LogP contribution in [-0.4, -0.2) is 265 Å². The molecule has 8 amide bonds. The van der Waals surface area contributed by atoms with Crippen molar-refractivity contribution in [3.05, 3.63) is 106 Å². The van der Waals surface area contributed by atoms with E-state index in [0.717, 1.165) is 31.2 Å². The van der Waals surface area contributed by atoms with Crippen LogP contribution in [0.5, 0.6) is 0 Å². The number of rotatable bonds is 18. The van der Waals surface area contributed by atoms with Gasteiger partial charge in [-0.3, -0.25) is 73.1 Å². The number of ketones is 1. The van der Waals surface area contributed by atoms with Crippen molar-refractivity contribution in [3.63, 3.8) is 0 Å². The molecule has 0 atom stereocenters. The summed E-state index contributed by atoms with van der Waals surface area (Å²) in [6.45, 7) is 18.5. The number of nitriles is 1. The van der Waals surface area contributed by atoms with Gasteiger partial charge >= 0.3 is 60.3 Å². The lowest BCUT2D eigenvalue weighted by atomic mass is 9.82. The van der Waals surface area contributed by atoms with Crippen LogP contribution in [0.15, 0.2) is 77.9 Å². The number of aliphatic carboxylic acids is 2. The maximum atomic E-state index is 12.5. The number of nitrogens with two attached hydrogens (primary N) is 1. The summed E-state index contributed by atoms with van der Waals surface area (Å²) in [6, 6.07) is 21.8. The number of carbonyl (C=O) groups is 14. The van der Waals surface area contributed by atoms with E-state index in [-0.39, 0.29) is 99.3 Å². The maximum Gasteiger partial charge on any atom is 0.411 e. The normalized spacial score (nSPS) is 24.7. The highest BCUT2D eigenvalue weighted by Crippen LogP contribution is 2.42. The third-order valence-corrected chi connectivity index (χ3v) is 22.8. The molecule has 5 heterocycles. The van der Waals surface area contributed by atoms with Crippen molar-refractivity contribution < 1.29 is 115 Å². The minimum absolute atomic E-state index is 0.000818. The van der Waals surface area contributed by atoms with E-state index in [9.17, 15) is 67.1 Å². The van der Waals surface area contributed by atoms with Gasteiger partial charge in [-0.25, -0.2) is 29.5 Å². The summed E-state index contributed by atoms with van der Waals surface area (Å²) in [5, 5.41) is 53.6. The van der Waals surface area contributed by atoms with Gasteiger partial charge in [0.2, 0.25) is 0 Å². The molecule has 10 fully saturated rings. The first-order valence-corrected chi connectivity index (χ1v) is 42.0. The highest BCUT2D eigenvalue weighted by Gasteiger charge is 2.53. The third kappa shape index (κ3) is 28.2. The number of ether oxygens (including phenoxy) is 8. The maximum absolute atomic E-state index is 12.5. The van der Waals surface area contributed by atoms with E-state index in [2.05, 4.69) is 21.1 Å². The number of carboxylic acid groups (broad SMARTS) is 2. The molecule has 0 radical (unpaired) electrons. The quantitative estimate of drug-likeness (QED) is 0.0188. The second-order valence-electron chi connectivity index (χ2n) is 36.6. The van der Waals surface area contributed by atoms with E-state index in [1.54, 1.807) is 142 Å². The Morgan fingerprint density at radius 2 is 0.680 bits per heavy atom. The Labute approximate surface area is 724 Å². The van der Waals surface area contributed by atoms with Crippen LogP contribution in [-0.2, 0) is 66.7 Å². The Kier molecular flexibility index (Phi) is 31.4. The van der Waals surface area contributed by atoms with Crippen LogP contribution in [0.3, 0.4) is 0 Å². The topological polar surface area (TPSA) is 539 Å². The third-order valence-electron chi connectivity index (χ3n) is 22.8. The van der Waals surface area contributed by atoms with E-state index in [0.29, 0.717) is 156 Å². The molecule has 3 aromatic rings. The molecule has 13 rings (SSSR count). The van der Waals surface area contributed by atoms with Gasteiger partial charge in [-0.2, -0.15) is 5.26 Å². The summed E-state index contributed by atoms with van der Waals surface area (Å²) < 4.78 is 43.2. The fourth-order valence-corrected chi connectivity index (χ4v) is 16.5. The molecule has 5 aliphatic carbocycles. The van der Waals surface area contributed by atoms with Gasteiger partial charge in [-0.1, -0.05) is 24.3 Å². The van der Waals surface area contributed by atoms with Crippen molar-refractivity contribution in [2.24, 2.45) is 10.8 Å². The molecule has 0 unspecified atom stereocenters. The highest BCUT2D eigenvalue weighted by atomic mass is 16.6. The number of esters is 3. The van der Waals surface area contributed by atoms with E-state index in [4.69, 9.17) is 75.5 Å². The van der Waals surface area contributed by atoms with Gasteiger partial charge in [0.25, 0.3) is 17.7 Å². The van der Waals surface area contributed by atoms with Crippen LogP contribution < -0.4 is 21.7 Å². The molecule has 3 aromatic carbocycles. The number of nitrogens with one attached hydrogen (secondary N) is 6. The second-order valence-corrected chi connectivity index (χ2v) is 36.6. The summed E-state index contributed by atoms with van der Waals surface area (Å²) in [7, 11) is 0. The van der Waals surface area contributed by atoms with Gasteiger partial charge < -0.3 is 75.2 Å². The fourth-order valence-electron chi connectivity index (χ4n) is 16.5. The van der Waals surface area contributed by atoms with Crippen LogP contribution in [0.1, 0.15) is 245 Å². The summed E-state index contributed by atoms with van der Waals surface area (Å²) in [5.74, 6) is -4.00. The van der Waals surface area contributed by atoms with Gasteiger partial charge in [-0.05, 0) is 239 Å². The molecule has 5 aliphatic heterocycles. The lowest BCUT2D eigenvalue weighted by Gasteiger charge is -2.35. The molecule has 5 saturated heterocycles. The monoisotopic (exact) mass is 1740 g/mol. The summed E-state index contributed by atoms with van der Waals surface area (Å²) >= 11 is 0. The van der Waals surface area contributed by atoms with E-state index in [1.165, 1.54) is 24.5 Å². The molecular formula is C87H116N14O24. The standard InChI is InChI=1S/C23H31N3O5.C18H21N5O5.C18H19N3O5.C14H24N2O4.C14H21NO5/c1-15(24)16-5-7-17(8-6-16)20(28)25-18-9-11-23(12-10-18)14-26(21(29)31-23)13-19(27)30-22(2,3)4;19-15(22-20)11-1-3-12(4-2-11)16(26)21-13-5-7-18(8-6-13)10-23(9-14(24)25)17(27)28-18;19-9-12-1-3-13(4-2-12)16(24)20-14-5-7-18(8-6-14)11-21(10-15(22)23)17(25)26-18;1-13(2,3)19-11(17)8-16-9-14(20-12(16)18)6-4-10(15)5-7-14;1-13(2,3)19-11(17)8-15-9-14(20-12(15)18)6-4-10(16)5-7-14/h5-8,18,24H,9-14H2,1-4H3,(H,25,28);1-4,13,19-20H,5-10H2,(H,21,26)(H,24,25);1-4,14H,5-8,10-11H2,(H,20,24)(H,22,23);10H,4-9,15H2,1-3H3;4-9H2,1-3H3. The SMILES string of the molecule is CC(=N)c1ccc(C(=O)NC2CCC3(CC2)CN(CC(=O)OC(C)(C)C)C(=O)O3)cc1.CC(C)(C)OC(=O)CN1CC2(CCC(=O)CC2)OC1=O.CC(C)(C)OC(=O)CN1CC2(CCC(N)CC2)OC1=O.N#Cc1ccc(C(=O)NC2CCC3(CC2)CN(CC(=O)O)C(=O)O3)cc1.N=NC(=N)c1ccc(C(=O)NC2CCC3(CC2)CN(CC(=O)O)C(=O)O3)cc1. The van der Waals surface area contributed by atoms with Crippen LogP contribution >= 0.6 is 0 Å². The van der Waals surface area contributed by atoms with Gasteiger partial charge in [0.1, 0.15) is 83.3 Å². The number of carbonyl (C=O) groups excluding carboxylic acids is 12. The zero-order valence-corrected chi connectivity index (χ0v) is 72.5. The molecule has 38 heteroatoms. The fraction of sp³-hybridized carbons (Fsp3) is 0.598. The smallest absolute Gasteiger partial charge is 0.411 e. The Morgan fingerprint density at radius 3 is 0.936 bits per heavy atom. The zero-order chi connectivity index (χ0) is 91.8.